The first kappa shape index (κ1) is 16.6. The van der Waals surface area contributed by atoms with Crippen LogP contribution in [-0.4, -0.2) is 38.6 Å². The van der Waals surface area contributed by atoms with Crippen molar-refractivity contribution in [2.75, 3.05) is 28.4 Å². The summed E-state index contributed by atoms with van der Waals surface area (Å²) >= 11 is 0. The summed E-state index contributed by atoms with van der Waals surface area (Å²) in [4.78, 5) is 4.38. The van der Waals surface area contributed by atoms with E-state index in [1.54, 1.807) is 40.9 Å². The molecule has 0 aliphatic rings. The number of rotatable bonds is 6. The predicted molar refractivity (Wildman–Crippen MR) is 91.4 cm³/mol. The van der Waals surface area contributed by atoms with Gasteiger partial charge in [-0.25, -0.2) is 0 Å². The lowest BCUT2D eigenvalue weighted by atomic mass is 10.0. The lowest BCUT2D eigenvalue weighted by molar-refractivity contribution is 0.324. The van der Waals surface area contributed by atoms with Crippen molar-refractivity contribution in [1.82, 2.24) is 10.1 Å². The maximum atomic E-state index is 5.40. The second-order valence-corrected chi connectivity index (χ2v) is 5.07. The maximum absolute atomic E-state index is 5.40. The van der Waals surface area contributed by atoms with Crippen LogP contribution >= 0.6 is 0 Å². The van der Waals surface area contributed by atoms with Gasteiger partial charge in [-0.05, 0) is 24.3 Å². The van der Waals surface area contributed by atoms with E-state index >= 15 is 0 Å². The molecule has 0 N–H and O–H groups in total. The molecule has 7 nitrogen and oxygen atoms in total. The average Bonchev–Trinajstić information content (AvgIpc) is 3.16. The van der Waals surface area contributed by atoms with Gasteiger partial charge < -0.3 is 23.5 Å². The molecule has 0 aliphatic carbocycles. The molecule has 130 valence electrons. The number of aromatic nitrogens is 2. The zero-order chi connectivity index (χ0) is 17.8. The molecule has 2 aromatic heterocycles. The molecular formula is C18H18N2O5. The zero-order valence-electron chi connectivity index (χ0n) is 14.4. The zero-order valence-corrected chi connectivity index (χ0v) is 14.4. The van der Waals surface area contributed by atoms with Gasteiger partial charge in [0.2, 0.25) is 5.75 Å². The van der Waals surface area contributed by atoms with Crippen LogP contribution in [-0.2, 0) is 0 Å². The molecular weight excluding hydrogens is 324 g/mol. The van der Waals surface area contributed by atoms with Crippen molar-refractivity contribution < 1.29 is 23.5 Å². The highest BCUT2D eigenvalue weighted by Gasteiger charge is 2.19. The highest BCUT2D eigenvalue weighted by Crippen LogP contribution is 2.42. The van der Waals surface area contributed by atoms with Crippen LogP contribution in [0.15, 0.2) is 41.2 Å². The fourth-order valence-electron chi connectivity index (χ4n) is 2.50. The first-order valence-electron chi connectivity index (χ1n) is 7.47. The van der Waals surface area contributed by atoms with E-state index in [9.17, 15) is 0 Å². The molecule has 0 saturated heterocycles. The molecule has 0 atom stereocenters. The highest BCUT2D eigenvalue weighted by atomic mass is 16.5. The van der Waals surface area contributed by atoms with E-state index in [2.05, 4.69) is 10.1 Å². The van der Waals surface area contributed by atoms with Crippen LogP contribution in [0.5, 0.6) is 23.0 Å². The van der Waals surface area contributed by atoms with Crippen molar-refractivity contribution >= 4 is 0 Å². The Morgan fingerprint density at radius 2 is 1.60 bits per heavy atom. The Hall–Kier alpha value is -3.22. The summed E-state index contributed by atoms with van der Waals surface area (Å²) < 4.78 is 26.5. The van der Waals surface area contributed by atoms with Crippen LogP contribution < -0.4 is 18.9 Å². The molecule has 0 spiro atoms. The summed E-state index contributed by atoms with van der Waals surface area (Å²) in [6.45, 7) is 0. The monoisotopic (exact) mass is 342 g/mol. The van der Waals surface area contributed by atoms with Crippen LogP contribution in [0.4, 0.5) is 0 Å². The number of benzene rings is 1. The van der Waals surface area contributed by atoms with E-state index < -0.39 is 0 Å². The Bertz CT molecular complexity index is 833. The molecule has 0 amide bonds. The van der Waals surface area contributed by atoms with Gasteiger partial charge in [-0.3, -0.25) is 4.98 Å². The van der Waals surface area contributed by atoms with Crippen molar-refractivity contribution in [3.8, 4) is 45.5 Å². The Labute approximate surface area is 145 Å². The van der Waals surface area contributed by atoms with E-state index in [0.717, 1.165) is 11.1 Å². The quantitative estimate of drug-likeness (QED) is 0.679. The summed E-state index contributed by atoms with van der Waals surface area (Å²) in [6, 6.07) is 7.29. The van der Waals surface area contributed by atoms with Crippen molar-refractivity contribution in [2.24, 2.45) is 0 Å². The van der Waals surface area contributed by atoms with Gasteiger partial charge in [-0.2, -0.15) is 0 Å². The smallest absolute Gasteiger partial charge is 0.203 e. The Morgan fingerprint density at radius 1 is 0.880 bits per heavy atom. The molecule has 0 saturated carbocycles. The van der Waals surface area contributed by atoms with Crippen LogP contribution in [0.3, 0.4) is 0 Å². The van der Waals surface area contributed by atoms with Crippen molar-refractivity contribution in [1.29, 1.82) is 0 Å². The van der Waals surface area contributed by atoms with Gasteiger partial charge in [0, 0.05) is 5.56 Å². The standard InChI is InChI=1S/C18H18N2O5/c1-21-12-5-6-14(19-9-12)13-10-25-20-17(13)11-7-15(22-2)18(24-4)16(8-11)23-3/h5-10H,1-4H3. The Morgan fingerprint density at radius 3 is 2.12 bits per heavy atom. The molecule has 0 bridgehead atoms. The summed E-state index contributed by atoms with van der Waals surface area (Å²) in [7, 11) is 6.28. The van der Waals surface area contributed by atoms with E-state index in [1.807, 2.05) is 24.3 Å². The van der Waals surface area contributed by atoms with Crippen LogP contribution in [0.1, 0.15) is 0 Å². The molecule has 7 heteroatoms. The second-order valence-electron chi connectivity index (χ2n) is 5.07. The number of methoxy groups -OCH3 is 4. The molecule has 3 rings (SSSR count). The van der Waals surface area contributed by atoms with E-state index in [0.29, 0.717) is 34.4 Å². The number of ether oxygens (including phenoxy) is 4. The van der Waals surface area contributed by atoms with Gasteiger partial charge in [0.1, 0.15) is 17.7 Å². The average molecular weight is 342 g/mol. The third-order valence-corrected chi connectivity index (χ3v) is 3.76. The largest absolute Gasteiger partial charge is 0.495 e. The van der Waals surface area contributed by atoms with Gasteiger partial charge in [-0.15, -0.1) is 0 Å². The van der Waals surface area contributed by atoms with Crippen LogP contribution in [0, 0.1) is 0 Å². The van der Waals surface area contributed by atoms with Crippen molar-refractivity contribution in [3.05, 3.63) is 36.7 Å². The van der Waals surface area contributed by atoms with Crippen LogP contribution in [0.25, 0.3) is 22.5 Å². The predicted octanol–water partition coefficient (Wildman–Crippen LogP) is 3.44. The summed E-state index contributed by atoms with van der Waals surface area (Å²) in [5.41, 5.74) is 2.84. The summed E-state index contributed by atoms with van der Waals surface area (Å²) in [5, 5.41) is 4.11. The molecule has 2 heterocycles. The van der Waals surface area contributed by atoms with Gasteiger partial charge in [-0.1, -0.05) is 5.16 Å². The van der Waals surface area contributed by atoms with Crippen molar-refractivity contribution in [3.63, 3.8) is 0 Å². The molecule has 0 radical (unpaired) electrons. The summed E-state index contributed by atoms with van der Waals surface area (Å²) in [6.07, 6.45) is 3.19. The van der Waals surface area contributed by atoms with Gasteiger partial charge in [0.25, 0.3) is 0 Å². The molecule has 25 heavy (non-hydrogen) atoms. The third kappa shape index (κ3) is 3.08. The van der Waals surface area contributed by atoms with E-state index in [1.165, 1.54) is 0 Å². The van der Waals surface area contributed by atoms with Gasteiger partial charge >= 0.3 is 0 Å². The highest BCUT2D eigenvalue weighted by molar-refractivity contribution is 5.80. The molecule has 0 unspecified atom stereocenters. The normalized spacial score (nSPS) is 10.4. The maximum Gasteiger partial charge on any atom is 0.203 e. The lowest BCUT2D eigenvalue weighted by Gasteiger charge is -2.13. The third-order valence-electron chi connectivity index (χ3n) is 3.76. The fraction of sp³-hybridized carbons (Fsp3) is 0.222. The number of nitrogens with zero attached hydrogens (tertiary/aromatic N) is 2. The first-order valence-corrected chi connectivity index (χ1v) is 7.47. The molecule has 1 aromatic carbocycles. The Kier molecular flexibility index (Phi) is 4.74. The van der Waals surface area contributed by atoms with Crippen LogP contribution in [0.2, 0.25) is 0 Å². The number of hydrogen-bond acceptors (Lipinski definition) is 7. The van der Waals surface area contributed by atoms with Gasteiger partial charge in [0.15, 0.2) is 11.5 Å². The molecule has 3 aromatic rings. The SMILES string of the molecule is COc1ccc(-c2conc2-c2cc(OC)c(OC)c(OC)c2)nc1. The summed E-state index contributed by atoms with van der Waals surface area (Å²) in [5.74, 6) is 2.26. The van der Waals surface area contributed by atoms with Gasteiger partial charge in [0.05, 0.1) is 45.9 Å². The fourth-order valence-corrected chi connectivity index (χ4v) is 2.50. The minimum atomic E-state index is 0.515. The van der Waals surface area contributed by atoms with Crippen molar-refractivity contribution in [2.45, 2.75) is 0 Å². The van der Waals surface area contributed by atoms with E-state index in [4.69, 9.17) is 23.5 Å². The minimum Gasteiger partial charge on any atom is -0.495 e. The Balaban J connectivity index is 2.10. The van der Waals surface area contributed by atoms with E-state index in [-0.39, 0.29) is 0 Å². The molecule has 0 aliphatic heterocycles. The minimum absolute atomic E-state index is 0.515. The number of pyridine rings is 1. The topological polar surface area (TPSA) is 75.8 Å². The number of hydrogen-bond donors (Lipinski definition) is 0. The molecule has 0 fully saturated rings. The first-order chi connectivity index (χ1) is 12.2. The second kappa shape index (κ2) is 7.12. The lowest BCUT2D eigenvalue weighted by Crippen LogP contribution is -1.96.